The van der Waals surface area contributed by atoms with Crippen LogP contribution in [0.1, 0.15) is 37.3 Å². The van der Waals surface area contributed by atoms with Gasteiger partial charge in [0.2, 0.25) is 0 Å². The summed E-state index contributed by atoms with van der Waals surface area (Å²) in [5.74, 6) is 0.892. The zero-order chi connectivity index (χ0) is 12.3. The van der Waals surface area contributed by atoms with Crippen LogP contribution >= 0.6 is 0 Å². The molecule has 2 nitrogen and oxygen atoms in total. The molecule has 1 heterocycles. The first kappa shape index (κ1) is 12.4. The van der Waals surface area contributed by atoms with Gasteiger partial charge in [-0.15, -0.1) is 0 Å². The van der Waals surface area contributed by atoms with Gasteiger partial charge in [0, 0.05) is 12.2 Å². The molecule has 1 fully saturated rings. The monoisotopic (exact) mass is 232 g/mol. The molecule has 0 spiro atoms. The number of nitrogens with two attached hydrogens (primary N) is 1. The van der Waals surface area contributed by atoms with Crippen LogP contribution in [0.3, 0.4) is 0 Å². The van der Waals surface area contributed by atoms with Crippen molar-refractivity contribution >= 4 is 5.69 Å². The molecule has 0 aliphatic carbocycles. The maximum absolute atomic E-state index is 5.96. The standard InChI is InChI=1S/C15H24N2/c1-12-4-3-8-17(9-7-12)11-14-6-5-13(2)15(16)10-14/h5-6,10,12H,3-4,7-9,11,16H2,1-2H3. The second-order valence-corrected chi connectivity index (χ2v) is 5.50. The second-order valence-electron chi connectivity index (χ2n) is 5.50. The lowest BCUT2D eigenvalue weighted by Crippen LogP contribution is -2.24. The van der Waals surface area contributed by atoms with Gasteiger partial charge in [-0.25, -0.2) is 0 Å². The van der Waals surface area contributed by atoms with E-state index in [1.165, 1.54) is 43.5 Å². The van der Waals surface area contributed by atoms with Gasteiger partial charge in [0.25, 0.3) is 0 Å². The van der Waals surface area contributed by atoms with Gasteiger partial charge in [-0.3, -0.25) is 4.90 Å². The summed E-state index contributed by atoms with van der Waals surface area (Å²) in [6.45, 7) is 7.95. The molecular formula is C15H24N2. The quantitative estimate of drug-likeness (QED) is 0.793. The summed E-state index contributed by atoms with van der Waals surface area (Å²) in [4.78, 5) is 2.56. The second kappa shape index (κ2) is 5.54. The zero-order valence-corrected chi connectivity index (χ0v) is 11.1. The average molecular weight is 232 g/mol. The van der Waals surface area contributed by atoms with E-state index in [0.717, 1.165) is 18.2 Å². The summed E-state index contributed by atoms with van der Waals surface area (Å²) in [6, 6.07) is 6.47. The van der Waals surface area contributed by atoms with Crippen molar-refractivity contribution in [3.63, 3.8) is 0 Å². The third-order valence-corrected chi connectivity index (χ3v) is 3.86. The van der Waals surface area contributed by atoms with E-state index in [1.54, 1.807) is 0 Å². The van der Waals surface area contributed by atoms with Crippen molar-refractivity contribution in [2.45, 2.75) is 39.7 Å². The molecule has 2 heteroatoms. The Balaban J connectivity index is 1.97. The molecule has 0 aromatic heterocycles. The van der Waals surface area contributed by atoms with Crippen LogP contribution in [0, 0.1) is 12.8 Å². The summed E-state index contributed by atoms with van der Waals surface area (Å²) < 4.78 is 0. The first-order chi connectivity index (χ1) is 8.15. The lowest BCUT2D eigenvalue weighted by atomic mass is 10.0. The highest BCUT2D eigenvalue weighted by atomic mass is 15.1. The highest BCUT2D eigenvalue weighted by Gasteiger charge is 2.13. The fourth-order valence-electron chi connectivity index (χ4n) is 2.53. The van der Waals surface area contributed by atoms with E-state index in [-0.39, 0.29) is 0 Å². The predicted octanol–water partition coefficient (Wildman–Crippen LogP) is 3.20. The Morgan fingerprint density at radius 2 is 2.12 bits per heavy atom. The number of nitrogens with zero attached hydrogens (tertiary/aromatic N) is 1. The highest BCUT2D eigenvalue weighted by Crippen LogP contribution is 2.19. The van der Waals surface area contributed by atoms with E-state index >= 15 is 0 Å². The molecule has 0 bridgehead atoms. The molecular weight excluding hydrogens is 208 g/mol. The van der Waals surface area contributed by atoms with E-state index in [0.29, 0.717) is 0 Å². The third kappa shape index (κ3) is 3.47. The Kier molecular flexibility index (Phi) is 4.06. The molecule has 0 amide bonds. The molecule has 1 unspecified atom stereocenters. The van der Waals surface area contributed by atoms with Crippen molar-refractivity contribution in [2.24, 2.45) is 5.92 Å². The van der Waals surface area contributed by atoms with Crippen molar-refractivity contribution in [1.29, 1.82) is 0 Å². The van der Waals surface area contributed by atoms with E-state index in [9.17, 15) is 0 Å². The minimum Gasteiger partial charge on any atom is -0.399 e. The lowest BCUT2D eigenvalue weighted by Gasteiger charge is -2.20. The fraction of sp³-hybridized carbons (Fsp3) is 0.600. The largest absolute Gasteiger partial charge is 0.399 e. The van der Waals surface area contributed by atoms with Gasteiger partial charge in [-0.05, 0) is 62.4 Å². The fourth-order valence-corrected chi connectivity index (χ4v) is 2.53. The van der Waals surface area contributed by atoms with Crippen LogP contribution in [0.2, 0.25) is 0 Å². The number of benzene rings is 1. The van der Waals surface area contributed by atoms with Crippen molar-refractivity contribution in [1.82, 2.24) is 4.90 Å². The van der Waals surface area contributed by atoms with Crippen LogP contribution in [-0.4, -0.2) is 18.0 Å². The topological polar surface area (TPSA) is 29.3 Å². The number of likely N-dealkylation sites (tertiary alicyclic amines) is 1. The molecule has 0 saturated carbocycles. The zero-order valence-electron chi connectivity index (χ0n) is 11.1. The SMILES string of the molecule is Cc1ccc(CN2CCCC(C)CC2)cc1N. The number of aryl methyl sites for hydroxylation is 1. The molecule has 2 N–H and O–H groups in total. The van der Waals surface area contributed by atoms with Crippen molar-refractivity contribution in [2.75, 3.05) is 18.8 Å². The molecule has 1 aliphatic heterocycles. The van der Waals surface area contributed by atoms with E-state index in [1.807, 2.05) is 0 Å². The highest BCUT2D eigenvalue weighted by molar-refractivity contribution is 5.48. The summed E-state index contributed by atoms with van der Waals surface area (Å²) in [5.41, 5.74) is 9.41. The van der Waals surface area contributed by atoms with E-state index < -0.39 is 0 Å². The normalized spacial score (nSPS) is 22.4. The van der Waals surface area contributed by atoms with Crippen LogP contribution in [0.25, 0.3) is 0 Å². The maximum Gasteiger partial charge on any atom is 0.0346 e. The van der Waals surface area contributed by atoms with Crippen molar-refractivity contribution in [3.8, 4) is 0 Å². The van der Waals surface area contributed by atoms with Gasteiger partial charge >= 0.3 is 0 Å². The Morgan fingerprint density at radius 3 is 2.88 bits per heavy atom. The van der Waals surface area contributed by atoms with Gasteiger partial charge in [0.1, 0.15) is 0 Å². The van der Waals surface area contributed by atoms with Gasteiger partial charge in [-0.2, -0.15) is 0 Å². The van der Waals surface area contributed by atoms with Crippen molar-refractivity contribution < 1.29 is 0 Å². The Bertz CT molecular complexity index is 373. The minimum atomic E-state index is 0.892. The molecule has 1 saturated heterocycles. The van der Waals surface area contributed by atoms with Crippen LogP contribution < -0.4 is 5.73 Å². The molecule has 1 atom stereocenters. The molecule has 1 aromatic rings. The molecule has 0 radical (unpaired) electrons. The smallest absolute Gasteiger partial charge is 0.0346 e. The van der Waals surface area contributed by atoms with Crippen LogP contribution in [0.4, 0.5) is 5.69 Å². The molecule has 1 aromatic carbocycles. The molecule has 2 rings (SSSR count). The van der Waals surface area contributed by atoms with Gasteiger partial charge in [0.05, 0.1) is 0 Å². The molecule has 17 heavy (non-hydrogen) atoms. The maximum atomic E-state index is 5.96. The van der Waals surface area contributed by atoms with E-state index in [4.69, 9.17) is 5.73 Å². The summed E-state index contributed by atoms with van der Waals surface area (Å²) in [7, 11) is 0. The number of rotatable bonds is 2. The van der Waals surface area contributed by atoms with Gasteiger partial charge < -0.3 is 5.73 Å². The number of nitrogen functional groups attached to an aromatic ring is 1. The Morgan fingerprint density at radius 1 is 1.29 bits per heavy atom. The summed E-state index contributed by atoms with van der Waals surface area (Å²) >= 11 is 0. The third-order valence-electron chi connectivity index (χ3n) is 3.86. The Hall–Kier alpha value is -1.02. The minimum absolute atomic E-state index is 0.892. The molecule has 94 valence electrons. The lowest BCUT2D eigenvalue weighted by molar-refractivity contribution is 0.273. The van der Waals surface area contributed by atoms with Gasteiger partial charge in [0.15, 0.2) is 0 Å². The number of hydrogen-bond donors (Lipinski definition) is 1. The predicted molar refractivity (Wildman–Crippen MR) is 73.9 cm³/mol. The van der Waals surface area contributed by atoms with Crippen molar-refractivity contribution in [3.05, 3.63) is 29.3 Å². The number of anilines is 1. The molecule has 1 aliphatic rings. The summed E-state index contributed by atoms with van der Waals surface area (Å²) in [5, 5.41) is 0. The first-order valence-electron chi connectivity index (χ1n) is 6.72. The van der Waals surface area contributed by atoms with Crippen LogP contribution in [0.5, 0.6) is 0 Å². The number of hydrogen-bond acceptors (Lipinski definition) is 2. The van der Waals surface area contributed by atoms with Gasteiger partial charge in [-0.1, -0.05) is 19.1 Å². The van der Waals surface area contributed by atoms with Crippen LogP contribution in [-0.2, 0) is 6.54 Å². The average Bonchev–Trinajstić information content (AvgIpc) is 2.49. The van der Waals surface area contributed by atoms with Crippen LogP contribution in [0.15, 0.2) is 18.2 Å². The van der Waals surface area contributed by atoms with E-state index in [2.05, 4.69) is 36.9 Å². The first-order valence-corrected chi connectivity index (χ1v) is 6.72. The Labute approximate surface area is 105 Å². The summed E-state index contributed by atoms with van der Waals surface area (Å²) in [6.07, 6.45) is 4.05.